The van der Waals surface area contributed by atoms with Crippen molar-refractivity contribution in [3.63, 3.8) is 0 Å². The molecule has 2 N–H and O–H groups in total. The third-order valence-electron chi connectivity index (χ3n) is 4.98. The van der Waals surface area contributed by atoms with Crippen molar-refractivity contribution in [3.8, 4) is 0 Å². The van der Waals surface area contributed by atoms with Gasteiger partial charge in [-0.1, -0.05) is 18.2 Å². The molecular weight excluding hydrogens is 258 g/mol. The summed E-state index contributed by atoms with van der Waals surface area (Å²) in [6.45, 7) is 5.33. The van der Waals surface area contributed by atoms with Crippen LogP contribution in [-0.2, 0) is 14.3 Å². The molecule has 1 amide bonds. The number of nitrogens with one attached hydrogen (secondary N) is 1. The summed E-state index contributed by atoms with van der Waals surface area (Å²) in [6.07, 6.45) is 7.21. The minimum Gasteiger partial charge on any atom is -0.453 e. The third-order valence-corrected chi connectivity index (χ3v) is 4.98. The van der Waals surface area contributed by atoms with Crippen LogP contribution in [0.15, 0.2) is 24.8 Å². The second-order valence-corrected chi connectivity index (χ2v) is 5.97. The number of rotatable bonds is 3. The predicted molar refractivity (Wildman–Crippen MR) is 71.5 cm³/mol. The highest BCUT2D eigenvalue weighted by atomic mass is 16.6. The summed E-state index contributed by atoms with van der Waals surface area (Å²) >= 11 is 0. The molecule has 1 unspecified atom stereocenters. The minimum absolute atomic E-state index is 0.139. The zero-order valence-corrected chi connectivity index (χ0v) is 11.5. The van der Waals surface area contributed by atoms with Crippen LogP contribution in [0.25, 0.3) is 0 Å². The van der Waals surface area contributed by atoms with E-state index in [0.717, 1.165) is 19.3 Å². The monoisotopic (exact) mass is 277 g/mol. The van der Waals surface area contributed by atoms with E-state index < -0.39 is 29.1 Å². The highest BCUT2D eigenvalue weighted by Gasteiger charge is 2.79. The molecule has 0 bridgehead atoms. The zero-order valence-electron chi connectivity index (χ0n) is 11.5. The molecule has 2 fully saturated rings. The topological polar surface area (TPSA) is 75.6 Å². The molecule has 0 spiro atoms. The molecular formula is C15H19NO4. The Morgan fingerprint density at radius 1 is 1.60 bits per heavy atom. The number of ether oxygens (including phenoxy) is 1. The summed E-state index contributed by atoms with van der Waals surface area (Å²) < 4.78 is 5.26. The van der Waals surface area contributed by atoms with Gasteiger partial charge in [0.05, 0.1) is 12.0 Å². The SMILES string of the molecule is C=C[C@H]1C(=O)N[C@@]2(C(O)[C@@H]3C=CCCC3)C(=O)O[C@@]12C. The molecule has 2 aliphatic heterocycles. The zero-order chi connectivity index (χ0) is 14.5. The lowest BCUT2D eigenvalue weighted by Crippen LogP contribution is -2.80. The first kappa shape index (κ1) is 13.4. The van der Waals surface area contributed by atoms with E-state index in [9.17, 15) is 14.7 Å². The number of hydrogen-bond acceptors (Lipinski definition) is 4. The first-order chi connectivity index (χ1) is 9.47. The van der Waals surface area contributed by atoms with Crippen molar-refractivity contribution in [2.24, 2.45) is 11.8 Å². The van der Waals surface area contributed by atoms with Crippen molar-refractivity contribution in [2.75, 3.05) is 0 Å². The van der Waals surface area contributed by atoms with Crippen molar-refractivity contribution in [2.45, 2.75) is 43.4 Å². The largest absolute Gasteiger partial charge is 0.453 e. The summed E-state index contributed by atoms with van der Waals surface area (Å²) in [5.41, 5.74) is -2.39. The van der Waals surface area contributed by atoms with Crippen LogP contribution in [-0.4, -0.2) is 34.2 Å². The van der Waals surface area contributed by atoms with Crippen LogP contribution in [0.5, 0.6) is 0 Å². The van der Waals surface area contributed by atoms with E-state index in [1.54, 1.807) is 6.92 Å². The average molecular weight is 277 g/mol. The Balaban J connectivity index is 1.99. The number of amides is 1. The molecule has 2 saturated heterocycles. The Bertz CT molecular complexity index is 514. The van der Waals surface area contributed by atoms with Gasteiger partial charge in [0.2, 0.25) is 11.4 Å². The molecule has 0 aromatic carbocycles. The molecule has 0 saturated carbocycles. The molecule has 5 atom stereocenters. The van der Waals surface area contributed by atoms with Gasteiger partial charge in [-0.3, -0.25) is 4.79 Å². The van der Waals surface area contributed by atoms with Crippen LogP contribution in [0.1, 0.15) is 26.2 Å². The highest BCUT2D eigenvalue weighted by Crippen LogP contribution is 2.52. The van der Waals surface area contributed by atoms with E-state index in [4.69, 9.17) is 4.74 Å². The van der Waals surface area contributed by atoms with E-state index in [-0.39, 0.29) is 11.8 Å². The van der Waals surface area contributed by atoms with Gasteiger partial charge in [-0.25, -0.2) is 4.79 Å². The normalized spacial score (nSPS) is 44.1. The molecule has 3 aliphatic rings. The van der Waals surface area contributed by atoms with E-state index in [0.29, 0.717) is 0 Å². The summed E-state index contributed by atoms with van der Waals surface area (Å²) in [7, 11) is 0. The lowest BCUT2D eigenvalue weighted by molar-refractivity contribution is -0.235. The molecule has 3 rings (SSSR count). The molecule has 108 valence electrons. The maximum atomic E-state index is 12.1. The van der Waals surface area contributed by atoms with Crippen LogP contribution in [0.4, 0.5) is 0 Å². The van der Waals surface area contributed by atoms with Gasteiger partial charge in [0.25, 0.3) is 0 Å². The van der Waals surface area contributed by atoms with E-state index in [1.165, 1.54) is 6.08 Å². The summed E-state index contributed by atoms with van der Waals surface area (Å²) in [5.74, 6) is -1.63. The fourth-order valence-electron chi connectivity index (χ4n) is 3.76. The van der Waals surface area contributed by atoms with Gasteiger partial charge in [0, 0.05) is 5.92 Å². The Hall–Kier alpha value is -1.62. The Labute approximate surface area is 117 Å². The van der Waals surface area contributed by atoms with Crippen molar-refractivity contribution >= 4 is 11.9 Å². The second-order valence-electron chi connectivity index (χ2n) is 5.97. The van der Waals surface area contributed by atoms with Crippen LogP contribution in [0.3, 0.4) is 0 Å². The third kappa shape index (κ3) is 1.36. The number of carbonyl (C=O) groups is 2. The first-order valence-electron chi connectivity index (χ1n) is 7.00. The Morgan fingerprint density at radius 3 is 2.90 bits per heavy atom. The molecule has 0 radical (unpaired) electrons. The van der Waals surface area contributed by atoms with Gasteiger partial charge in [0.15, 0.2) is 5.60 Å². The van der Waals surface area contributed by atoms with E-state index in [1.807, 2.05) is 12.2 Å². The van der Waals surface area contributed by atoms with Crippen molar-refractivity contribution in [3.05, 3.63) is 24.8 Å². The summed E-state index contributed by atoms with van der Waals surface area (Å²) in [4.78, 5) is 24.1. The van der Waals surface area contributed by atoms with Crippen molar-refractivity contribution in [1.82, 2.24) is 5.32 Å². The summed E-state index contributed by atoms with van der Waals surface area (Å²) in [6, 6.07) is 0. The van der Waals surface area contributed by atoms with Crippen molar-refractivity contribution < 1.29 is 19.4 Å². The lowest BCUT2D eigenvalue weighted by atomic mass is 9.65. The number of hydrogen-bond donors (Lipinski definition) is 2. The van der Waals surface area contributed by atoms with Crippen LogP contribution in [0, 0.1) is 11.8 Å². The maximum absolute atomic E-state index is 12.1. The standard InChI is InChI=1S/C15H19NO4/c1-3-10-12(18)16-15(13(19)20-14(10,15)2)11(17)9-7-5-4-6-8-9/h3,5,7,9-11,17H,1,4,6,8H2,2H3,(H,16,18)/t9-,10+,11?,14+,15+/m1/s1. The molecule has 1 aliphatic carbocycles. The number of aliphatic hydroxyl groups is 1. The number of fused-ring (bicyclic) bond motifs is 1. The van der Waals surface area contributed by atoms with Crippen LogP contribution < -0.4 is 5.32 Å². The predicted octanol–water partition coefficient (Wildman–Crippen LogP) is 0.690. The Kier molecular flexibility index (Phi) is 2.80. The number of aliphatic hydroxyl groups excluding tert-OH is 1. The minimum atomic E-state index is -1.34. The van der Waals surface area contributed by atoms with E-state index >= 15 is 0 Å². The molecule has 5 heteroatoms. The van der Waals surface area contributed by atoms with Crippen LogP contribution in [0.2, 0.25) is 0 Å². The molecule has 20 heavy (non-hydrogen) atoms. The molecule has 5 nitrogen and oxygen atoms in total. The van der Waals surface area contributed by atoms with Gasteiger partial charge >= 0.3 is 5.97 Å². The number of allylic oxidation sites excluding steroid dienone is 1. The van der Waals surface area contributed by atoms with E-state index in [2.05, 4.69) is 11.9 Å². The summed E-state index contributed by atoms with van der Waals surface area (Å²) in [5, 5.41) is 13.4. The smallest absolute Gasteiger partial charge is 0.339 e. The van der Waals surface area contributed by atoms with Crippen LogP contribution >= 0.6 is 0 Å². The van der Waals surface area contributed by atoms with Gasteiger partial charge < -0.3 is 15.2 Å². The second kappa shape index (κ2) is 4.19. The van der Waals surface area contributed by atoms with Gasteiger partial charge in [-0.05, 0) is 26.2 Å². The number of carbonyl (C=O) groups excluding carboxylic acids is 2. The molecule has 0 aromatic heterocycles. The first-order valence-corrected chi connectivity index (χ1v) is 7.00. The molecule has 0 aromatic rings. The van der Waals surface area contributed by atoms with Gasteiger partial charge in [-0.15, -0.1) is 6.58 Å². The fraction of sp³-hybridized carbons (Fsp3) is 0.600. The molecule has 2 heterocycles. The van der Waals surface area contributed by atoms with Gasteiger partial charge in [-0.2, -0.15) is 0 Å². The Morgan fingerprint density at radius 2 is 2.35 bits per heavy atom. The van der Waals surface area contributed by atoms with Crippen molar-refractivity contribution in [1.29, 1.82) is 0 Å². The number of esters is 1. The quantitative estimate of drug-likeness (QED) is 0.588. The fourth-order valence-corrected chi connectivity index (χ4v) is 3.76. The highest BCUT2D eigenvalue weighted by molar-refractivity contribution is 6.02. The maximum Gasteiger partial charge on any atom is 0.339 e. The van der Waals surface area contributed by atoms with Gasteiger partial charge in [0.1, 0.15) is 0 Å². The average Bonchev–Trinajstić information content (AvgIpc) is 2.62. The lowest BCUT2D eigenvalue weighted by Gasteiger charge is -2.54.